The first-order valence-electron chi connectivity index (χ1n) is 10.9. The Balaban J connectivity index is 1.74. The number of aromatic nitrogens is 1. The number of ether oxygens (including phenoxy) is 1. The summed E-state index contributed by atoms with van der Waals surface area (Å²) in [4.78, 5) is 32.6. The molecule has 0 aliphatic carbocycles. The number of amides is 1. The fraction of sp³-hybridized carbons (Fsp3) is 0.148. The molecular formula is C27H21FN2O4S. The number of aliphatic hydroxyl groups is 1. The Hall–Kier alpha value is -4.04. The molecular weight excluding hydrogens is 467 g/mol. The van der Waals surface area contributed by atoms with Gasteiger partial charge in [-0.15, -0.1) is 0 Å². The number of halogens is 1. The molecule has 1 amide bonds. The molecule has 176 valence electrons. The predicted octanol–water partition coefficient (Wildman–Crippen LogP) is 5.69. The summed E-state index contributed by atoms with van der Waals surface area (Å²) in [7, 11) is 1.49. The molecule has 0 bridgehead atoms. The quantitative estimate of drug-likeness (QED) is 0.227. The molecule has 1 aromatic heterocycles. The number of Topliss-reactive ketones (excluding diaryl/α,β-unsaturated/α-hetero) is 1. The molecule has 1 saturated heterocycles. The van der Waals surface area contributed by atoms with Gasteiger partial charge in [-0.05, 0) is 60.9 Å². The van der Waals surface area contributed by atoms with E-state index in [4.69, 9.17) is 4.74 Å². The molecule has 0 saturated carbocycles. The van der Waals surface area contributed by atoms with Crippen molar-refractivity contribution in [1.29, 1.82) is 0 Å². The smallest absolute Gasteiger partial charge is 0.301 e. The molecule has 1 atom stereocenters. The van der Waals surface area contributed by atoms with Crippen LogP contribution in [0.1, 0.15) is 28.3 Å². The number of fused-ring (bicyclic) bond motifs is 1. The van der Waals surface area contributed by atoms with Crippen molar-refractivity contribution < 1.29 is 23.8 Å². The van der Waals surface area contributed by atoms with Crippen LogP contribution in [0.25, 0.3) is 16.0 Å². The summed E-state index contributed by atoms with van der Waals surface area (Å²) in [6.07, 6.45) is 0. The van der Waals surface area contributed by atoms with Crippen molar-refractivity contribution in [3.8, 4) is 5.75 Å². The molecule has 3 aromatic carbocycles. The molecule has 0 radical (unpaired) electrons. The first kappa shape index (κ1) is 22.7. The van der Waals surface area contributed by atoms with Crippen molar-refractivity contribution >= 4 is 44.1 Å². The zero-order chi connectivity index (χ0) is 24.9. The number of ketones is 1. The zero-order valence-electron chi connectivity index (χ0n) is 19.2. The van der Waals surface area contributed by atoms with Gasteiger partial charge in [-0.3, -0.25) is 14.5 Å². The van der Waals surface area contributed by atoms with Crippen LogP contribution in [0.5, 0.6) is 5.75 Å². The Bertz CT molecular complexity index is 1520. The maximum absolute atomic E-state index is 13.7. The SMILES string of the molecule is COc1cccc(/C(O)=C2\C(=O)C(=O)N(c3nc4c(C)cc(C)cc4s3)C2c2ccc(F)cc2)c1. The van der Waals surface area contributed by atoms with E-state index in [1.54, 1.807) is 24.3 Å². The van der Waals surface area contributed by atoms with Crippen molar-refractivity contribution in [3.63, 3.8) is 0 Å². The number of aliphatic hydroxyl groups excluding tert-OH is 1. The standard InChI is InChI=1S/C27H21FN2O4S/c1-14-11-15(2)22-20(12-14)35-27(29-22)30-23(16-7-9-18(28)10-8-16)21(25(32)26(30)33)24(31)17-5-4-6-19(13-17)34-3/h4-13,23,31H,1-3H3/b24-21+. The topological polar surface area (TPSA) is 79.7 Å². The van der Waals surface area contributed by atoms with Crippen molar-refractivity contribution in [2.45, 2.75) is 19.9 Å². The third-order valence-corrected chi connectivity index (χ3v) is 7.00. The number of rotatable bonds is 4. The highest BCUT2D eigenvalue weighted by molar-refractivity contribution is 7.22. The Morgan fingerprint density at radius 2 is 1.83 bits per heavy atom. The summed E-state index contributed by atoms with van der Waals surface area (Å²) < 4.78 is 19.9. The second-order valence-electron chi connectivity index (χ2n) is 8.38. The molecule has 8 heteroatoms. The number of thiazole rings is 1. The minimum absolute atomic E-state index is 0.0954. The van der Waals surface area contributed by atoms with Crippen LogP contribution in [-0.2, 0) is 9.59 Å². The third kappa shape index (κ3) is 3.85. The van der Waals surface area contributed by atoms with E-state index in [9.17, 15) is 19.1 Å². The molecule has 1 unspecified atom stereocenters. The maximum Gasteiger partial charge on any atom is 0.301 e. The maximum atomic E-state index is 13.7. The van der Waals surface area contributed by atoms with E-state index in [0.717, 1.165) is 21.3 Å². The minimum Gasteiger partial charge on any atom is -0.507 e. The number of hydrogen-bond donors (Lipinski definition) is 1. The van der Waals surface area contributed by atoms with Crippen LogP contribution in [0.4, 0.5) is 9.52 Å². The fourth-order valence-corrected chi connectivity index (χ4v) is 5.55. The van der Waals surface area contributed by atoms with Gasteiger partial charge < -0.3 is 9.84 Å². The van der Waals surface area contributed by atoms with Crippen molar-refractivity contribution in [2.24, 2.45) is 0 Å². The van der Waals surface area contributed by atoms with Crippen LogP contribution in [0.2, 0.25) is 0 Å². The number of carbonyl (C=O) groups excluding carboxylic acids is 2. The van der Waals surface area contributed by atoms with Gasteiger partial charge in [0, 0.05) is 5.56 Å². The molecule has 1 N–H and O–H groups in total. The van der Waals surface area contributed by atoms with Gasteiger partial charge in [0.1, 0.15) is 17.3 Å². The first-order chi connectivity index (χ1) is 16.8. The van der Waals surface area contributed by atoms with E-state index in [2.05, 4.69) is 4.98 Å². The van der Waals surface area contributed by atoms with Crippen LogP contribution < -0.4 is 9.64 Å². The average molecular weight is 489 g/mol. The molecule has 2 heterocycles. The Kier molecular flexibility index (Phi) is 5.61. The van der Waals surface area contributed by atoms with E-state index in [1.807, 2.05) is 26.0 Å². The highest BCUT2D eigenvalue weighted by Gasteiger charge is 2.48. The Morgan fingerprint density at radius 1 is 1.09 bits per heavy atom. The lowest BCUT2D eigenvalue weighted by Gasteiger charge is -2.23. The third-order valence-electron chi connectivity index (χ3n) is 6.00. The summed E-state index contributed by atoms with van der Waals surface area (Å²) in [5.74, 6) is -1.96. The van der Waals surface area contributed by atoms with Crippen LogP contribution in [0, 0.1) is 19.7 Å². The fourth-order valence-electron chi connectivity index (χ4n) is 4.38. The monoisotopic (exact) mass is 488 g/mol. The minimum atomic E-state index is -0.983. The Morgan fingerprint density at radius 3 is 2.54 bits per heavy atom. The van der Waals surface area contributed by atoms with Gasteiger partial charge in [0.05, 0.1) is 28.9 Å². The lowest BCUT2D eigenvalue weighted by molar-refractivity contribution is -0.132. The highest BCUT2D eigenvalue weighted by Crippen LogP contribution is 2.44. The van der Waals surface area contributed by atoms with Crippen molar-refractivity contribution in [1.82, 2.24) is 4.98 Å². The van der Waals surface area contributed by atoms with Crippen molar-refractivity contribution in [3.05, 3.63) is 94.3 Å². The van der Waals surface area contributed by atoms with Crippen molar-refractivity contribution in [2.75, 3.05) is 12.0 Å². The lowest BCUT2D eigenvalue weighted by atomic mass is 9.95. The van der Waals surface area contributed by atoms with Gasteiger partial charge in [-0.1, -0.05) is 41.7 Å². The van der Waals surface area contributed by atoms with Crippen LogP contribution in [0.3, 0.4) is 0 Å². The Labute approximate surface area is 204 Å². The second-order valence-corrected chi connectivity index (χ2v) is 9.39. The van der Waals surface area contributed by atoms with E-state index in [-0.39, 0.29) is 11.3 Å². The van der Waals surface area contributed by atoms with E-state index in [1.165, 1.54) is 47.6 Å². The molecule has 5 rings (SSSR count). The van der Waals surface area contributed by atoms with Gasteiger partial charge in [0.2, 0.25) is 0 Å². The predicted molar refractivity (Wildman–Crippen MR) is 133 cm³/mol. The summed E-state index contributed by atoms with van der Waals surface area (Å²) >= 11 is 1.29. The lowest BCUT2D eigenvalue weighted by Crippen LogP contribution is -2.29. The van der Waals surface area contributed by atoms with Crippen LogP contribution in [0.15, 0.2) is 66.2 Å². The number of carbonyl (C=O) groups is 2. The van der Waals surface area contributed by atoms with Gasteiger partial charge in [-0.2, -0.15) is 0 Å². The summed E-state index contributed by atoms with van der Waals surface area (Å²) in [5.41, 5.74) is 3.45. The first-order valence-corrected chi connectivity index (χ1v) is 11.7. The largest absolute Gasteiger partial charge is 0.507 e. The molecule has 35 heavy (non-hydrogen) atoms. The number of hydrogen-bond acceptors (Lipinski definition) is 6. The van der Waals surface area contributed by atoms with Crippen LogP contribution >= 0.6 is 11.3 Å². The van der Waals surface area contributed by atoms with Gasteiger partial charge in [-0.25, -0.2) is 9.37 Å². The second kappa shape index (κ2) is 8.63. The summed E-state index contributed by atoms with van der Waals surface area (Å²) in [6, 6.07) is 15.1. The summed E-state index contributed by atoms with van der Waals surface area (Å²) in [5, 5.41) is 11.6. The number of methoxy groups -OCH3 is 1. The number of aryl methyl sites for hydroxylation is 2. The molecule has 0 spiro atoms. The summed E-state index contributed by atoms with van der Waals surface area (Å²) in [6.45, 7) is 3.91. The molecule has 1 fully saturated rings. The molecule has 4 aromatic rings. The highest BCUT2D eigenvalue weighted by atomic mass is 32.1. The van der Waals surface area contributed by atoms with Gasteiger partial charge in [0.15, 0.2) is 5.13 Å². The molecule has 6 nitrogen and oxygen atoms in total. The van der Waals surface area contributed by atoms with E-state index < -0.39 is 23.5 Å². The van der Waals surface area contributed by atoms with Crippen LogP contribution in [-0.4, -0.2) is 28.9 Å². The average Bonchev–Trinajstić information content (AvgIpc) is 3.38. The van der Waals surface area contributed by atoms with Gasteiger partial charge >= 0.3 is 5.91 Å². The van der Waals surface area contributed by atoms with E-state index >= 15 is 0 Å². The zero-order valence-corrected chi connectivity index (χ0v) is 20.0. The number of anilines is 1. The molecule has 1 aliphatic heterocycles. The van der Waals surface area contributed by atoms with Gasteiger partial charge in [0.25, 0.3) is 5.78 Å². The number of nitrogens with zero attached hydrogens (tertiary/aromatic N) is 2. The number of benzene rings is 3. The van der Waals surface area contributed by atoms with E-state index in [0.29, 0.717) is 22.0 Å². The molecule has 1 aliphatic rings. The normalized spacial score (nSPS) is 17.4.